The summed E-state index contributed by atoms with van der Waals surface area (Å²) in [7, 11) is 0. The number of allylic oxidation sites excluding steroid dienone is 6. The fraction of sp³-hybridized carbons (Fsp3) is 0.538. The van der Waals surface area contributed by atoms with Crippen LogP contribution >= 0.6 is 0 Å². The molecule has 0 saturated carbocycles. The van der Waals surface area contributed by atoms with E-state index in [1.165, 1.54) is 60.8 Å². The lowest BCUT2D eigenvalue weighted by Crippen LogP contribution is -2.11. The summed E-state index contributed by atoms with van der Waals surface area (Å²) in [6.07, 6.45) is 14.4. The van der Waals surface area contributed by atoms with Gasteiger partial charge in [-0.3, -0.25) is 0 Å². The maximum absolute atomic E-state index is 2.39. The van der Waals surface area contributed by atoms with Gasteiger partial charge in [-0.2, -0.15) is 0 Å². The van der Waals surface area contributed by atoms with Gasteiger partial charge in [-0.05, 0) is 80.4 Å². The van der Waals surface area contributed by atoms with Crippen molar-refractivity contribution in [3.8, 4) is 0 Å². The summed E-state index contributed by atoms with van der Waals surface area (Å²) in [5.41, 5.74) is 7.67. The van der Waals surface area contributed by atoms with Gasteiger partial charge in [-0.25, -0.2) is 0 Å². The molecule has 0 spiro atoms. The summed E-state index contributed by atoms with van der Waals surface area (Å²) in [5, 5.41) is 0. The molecular formula is C26H38. The van der Waals surface area contributed by atoms with Crippen molar-refractivity contribution >= 4 is 5.57 Å². The molecule has 2 rings (SSSR count). The fourth-order valence-corrected chi connectivity index (χ4v) is 3.60. The van der Waals surface area contributed by atoms with Gasteiger partial charge in [0.15, 0.2) is 0 Å². The van der Waals surface area contributed by atoms with E-state index in [4.69, 9.17) is 0 Å². The van der Waals surface area contributed by atoms with E-state index in [1.807, 2.05) is 0 Å². The van der Waals surface area contributed by atoms with E-state index in [-0.39, 0.29) is 0 Å². The van der Waals surface area contributed by atoms with Crippen LogP contribution < -0.4 is 0 Å². The second-order valence-electron chi connectivity index (χ2n) is 9.33. The number of rotatable bonds is 7. The highest BCUT2D eigenvalue weighted by Gasteiger charge is 2.19. The molecule has 0 heteroatoms. The van der Waals surface area contributed by atoms with E-state index in [0.717, 1.165) is 5.92 Å². The molecule has 0 fully saturated rings. The van der Waals surface area contributed by atoms with Gasteiger partial charge in [-0.15, -0.1) is 0 Å². The van der Waals surface area contributed by atoms with Gasteiger partial charge in [0.1, 0.15) is 0 Å². The summed E-state index contributed by atoms with van der Waals surface area (Å²) in [4.78, 5) is 0. The lowest BCUT2D eigenvalue weighted by Gasteiger charge is -2.26. The third-order valence-electron chi connectivity index (χ3n) is 5.58. The predicted molar refractivity (Wildman–Crippen MR) is 117 cm³/mol. The van der Waals surface area contributed by atoms with E-state index >= 15 is 0 Å². The Labute approximate surface area is 162 Å². The van der Waals surface area contributed by atoms with E-state index in [0.29, 0.717) is 5.41 Å². The van der Waals surface area contributed by atoms with Crippen molar-refractivity contribution in [1.29, 1.82) is 0 Å². The maximum Gasteiger partial charge on any atom is -0.0170 e. The average molecular weight is 351 g/mol. The molecule has 26 heavy (non-hydrogen) atoms. The zero-order chi connectivity index (χ0) is 19.2. The quantitative estimate of drug-likeness (QED) is 0.435. The van der Waals surface area contributed by atoms with Crippen LogP contribution in [0.25, 0.3) is 5.57 Å². The average Bonchev–Trinajstić information content (AvgIpc) is 2.59. The van der Waals surface area contributed by atoms with Gasteiger partial charge >= 0.3 is 0 Å². The zero-order valence-electron chi connectivity index (χ0n) is 17.9. The van der Waals surface area contributed by atoms with Crippen molar-refractivity contribution in [3.63, 3.8) is 0 Å². The molecule has 0 nitrogen and oxygen atoms in total. The number of aryl methyl sites for hydroxylation is 1. The standard InChI is InChI=1S/C26H38/c1-20(2)8-7-9-21(3)10-11-22-12-14-23(15-13-22)24-16-18-25(19-17-24)26(4,5)6/h8,12-16,18,21H,7,9-11,17,19H2,1-6H3. The van der Waals surface area contributed by atoms with E-state index in [1.54, 1.807) is 5.57 Å². The molecule has 1 aliphatic rings. The first-order valence-electron chi connectivity index (χ1n) is 10.4. The molecule has 0 saturated heterocycles. The van der Waals surface area contributed by atoms with Crippen molar-refractivity contribution in [1.82, 2.24) is 0 Å². The van der Waals surface area contributed by atoms with Gasteiger partial charge in [0.05, 0.1) is 0 Å². The van der Waals surface area contributed by atoms with E-state index < -0.39 is 0 Å². The van der Waals surface area contributed by atoms with Gasteiger partial charge in [-0.1, -0.05) is 81.3 Å². The summed E-state index contributed by atoms with van der Waals surface area (Å²) in [6.45, 7) is 13.7. The van der Waals surface area contributed by atoms with Crippen LogP contribution in [0.4, 0.5) is 0 Å². The Kier molecular flexibility index (Phi) is 7.50. The fourth-order valence-electron chi connectivity index (χ4n) is 3.60. The molecular weight excluding hydrogens is 312 g/mol. The Morgan fingerprint density at radius 3 is 2.23 bits per heavy atom. The monoisotopic (exact) mass is 350 g/mol. The van der Waals surface area contributed by atoms with Gasteiger partial charge in [0.2, 0.25) is 0 Å². The Morgan fingerprint density at radius 1 is 1.00 bits per heavy atom. The Hall–Kier alpha value is -1.56. The Balaban J connectivity index is 1.88. The van der Waals surface area contributed by atoms with Crippen LogP contribution in [0.1, 0.15) is 84.8 Å². The molecule has 1 unspecified atom stereocenters. The molecule has 0 N–H and O–H groups in total. The molecule has 1 aromatic rings. The highest BCUT2D eigenvalue weighted by molar-refractivity contribution is 5.69. The Bertz CT molecular complexity index is 655. The topological polar surface area (TPSA) is 0 Å². The van der Waals surface area contributed by atoms with Gasteiger partial charge < -0.3 is 0 Å². The second-order valence-corrected chi connectivity index (χ2v) is 9.33. The zero-order valence-corrected chi connectivity index (χ0v) is 17.9. The summed E-state index contributed by atoms with van der Waals surface area (Å²) < 4.78 is 0. The minimum atomic E-state index is 0.300. The first-order chi connectivity index (χ1) is 12.3. The van der Waals surface area contributed by atoms with Crippen molar-refractivity contribution in [2.45, 2.75) is 80.1 Å². The van der Waals surface area contributed by atoms with Crippen LogP contribution in [-0.2, 0) is 6.42 Å². The molecule has 1 aromatic carbocycles. The van der Waals surface area contributed by atoms with Crippen molar-refractivity contribution in [2.24, 2.45) is 11.3 Å². The Morgan fingerprint density at radius 2 is 1.69 bits per heavy atom. The third-order valence-corrected chi connectivity index (χ3v) is 5.58. The van der Waals surface area contributed by atoms with Crippen molar-refractivity contribution < 1.29 is 0 Å². The highest BCUT2D eigenvalue weighted by atomic mass is 14.2. The molecule has 0 heterocycles. The van der Waals surface area contributed by atoms with Crippen molar-refractivity contribution in [3.05, 3.63) is 64.8 Å². The van der Waals surface area contributed by atoms with E-state index in [2.05, 4.69) is 84.0 Å². The summed E-state index contributed by atoms with van der Waals surface area (Å²) >= 11 is 0. The molecule has 1 atom stereocenters. The van der Waals surface area contributed by atoms with Crippen LogP contribution in [0.15, 0.2) is 53.6 Å². The van der Waals surface area contributed by atoms with E-state index in [9.17, 15) is 0 Å². The van der Waals surface area contributed by atoms with Crippen LogP contribution in [0, 0.1) is 11.3 Å². The third kappa shape index (κ3) is 6.63. The predicted octanol–water partition coefficient (Wildman–Crippen LogP) is 8.15. The smallest absolute Gasteiger partial charge is 0.0170 e. The summed E-state index contributed by atoms with van der Waals surface area (Å²) in [5.74, 6) is 0.798. The van der Waals surface area contributed by atoms with Crippen LogP contribution in [0.5, 0.6) is 0 Å². The number of hydrogen-bond acceptors (Lipinski definition) is 0. The molecule has 142 valence electrons. The highest BCUT2D eigenvalue weighted by Crippen LogP contribution is 2.35. The molecule has 1 aliphatic carbocycles. The maximum atomic E-state index is 2.39. The largest absolute Gasteiger partial charge is 0.0859 e. The lowest BCUT2D eigenvalue weighted by atomic mass is 9.79. The van der Waals surface area contributed by atoms with Crippen LogP contribution in [-0.4, -0.2) is 0 Å². The molecule has 0 aromatic heterocycles. The molecule has 0 aliphatic heterocycles. The van der Waals surface area contributed by atoms with Gasteiger partial charge in [0.25, 0.3) is 0 Å². The number of hydrogen-bond donors (Lipinski definition) is 0. The molecule has 0 bridgehead atoms. The van der Waals surface area contributed by atoms with Crippen LogP contribution in [0.3, 0.4) is 0 Å². The second kappa shape index (κ2) is 9.40. The SMILES string of the molecule is CC(C)=CCCC(C)CCc1ccc(C2=CC=C(C(C)(C)C)CC2)cc1. The molecule has 0 amide bonds. The van der Waals surface area contributed by atoms with Gasteiger partial charge in [0, 0.05) is 0 Å². The summed E-state index contributed by atoms with van der Waals surface area (Å²) in [6, 6.07) is 9.32. The first-order valence-corrected chi connectivity index (χ1v) is 10.4. The minimum Gasteiger partial charge on any atom is -0.0859 e. The minimum absolute atomic E-state index is 0.300. The van der Waals surface area contributed by atoms with Crippen molar-refractivity contribution in [2.75, 3.05) is 0 Å². The first kappa shape index (κ1) is 20.7. The normalized spacial score (nSPS) is 15.9. The number of benzene rings is 1. The van der Waals surface area contributed by atoms with Crippen LogP contribution in [0.2, 0.25) is 0 Å². The lowest BCUT2D eigenvalue weighted by molar-refractivity contribution is 0.482. The molecule has 0 radical (unpaired) electrons.